The molecule has 0 radical (unpaired) electrons. The highest BCUT2D eigenvalue weighted by Gasteiger charge is 2.02. The highest BCUT2D eigenvalue weighted by Crippen LogP contribution is 2.01. The van der Waals surface area contributed by atoms with Gasteiger partial charge in [-0.15, -0.1) is 0 Å². The maximum absolute atomic E-state index is 11.3. The van der Waals surface area contributed by atoms with Crippen LogP contribution in [-0.2, 0) is 4.74 Å². The molecule has 0 heterocycles. The number of carbonyl (C=O) groups excluding carboxylic acids is 1. The zero-order valence-corrected chi connectivity index (χ0v) is 7.72. The van der Waals surface area contributed by atoms with E-state index >= 15 is 0 Å². The molecule has 0 fully saturated rings. The van der Waals surface area contributed by atoms with Gasteiger partial charge in [0.2, 0.25) is 0 Å². The lowest BCUT2D eigenvalue weighted by Crippen LogP contribution is -1.99. The highest BCUT2D eigenvalue weighted by atomic mass is 16.5. The van der Waals surface area contributed by atoms with Crippen molar-refractivity contribution in [3.63, 3.8) is 0 Å². The number of esters is 1. The van der Waals surface area contributed by atoms with E-state index < -0.39 is 0 Å². The molecule has 0 saturated carbocycles. The maximum Gasteiger partial charge on any atom is 0.342 e. The van der Waals surface area contributed by atoms with Crippen LogP contribution in [0.25, 0.3) is 0 Å². The third-order valence-electron chi connectivity index (χ3n) is 1.58. The van der Waals surface area contributed by atoms with Gasteiger partial charge in [0.15, 0.2) is 0 Å². The van der Waals surface area contributed by atoms with E-state index in [1.165, 1.54) is 6.26 Å². The van der Waals surface area contributed by atoms with Gasteiger partial charge < -0.3 is 9.84 Å². The summed E-state index contributed by atoms with van der Waals surface area (Å²) in [5.74, 6) is -0.389. The molecule has 0 saturated heterocycles. The van der Waals surface area contributed by atoms with E-state index in [0.29, 0.717) is 12.0 Å². The van der Waals surface area contributed by atoms with Crippen molar-refractivity contribution in [2.24, 2.45) is 0 Å². The Balaban J connectivity index is 2.44. The number of aliphatic hydroxyl groups is 1. The SMILES string of the molecule is O=C(OC=CCCO)c1ccccc1. The molecule has 0 aromatic heterocycles. The normalized spacial score (nSPS) is 10.4. The van der Waals surface area contributed by atoms with E-state index in [-0.39, 0.29) is 12.6 Å². The zero-order chi connectivity index (χ0) is 10.2. The molecular weight excluding hydrogens is 180 g/mol. The Morgan fingerprint density at radius 2 is 2.07 bits per heavy atom. The van der Waals surface area contributed by atoms with E-state index in [0.717, 1.165) is 0 Å². The molecule has 14 heavy (non-hydrogen) atoms. The summed E-state index contributed by atoms with van der Waals surface area (Å²) in [5.41, 5.74) is 0.515. The summed E-state index contributed by atoms with van der Waals surface area (Å²) in [5, 5.41) is 8.46. The second-order valence-electron chi connectivity index (χ2n) is 2.66. The average Bonchev–Trinajstić information content (AvgIpc) is 2.25. The van der Waals surface area contributed by atoms with Gasteiger partial charge in [-0.2, -0.15) is 0 Å². The number of benzene rings is 1. The molecule has 0 aliphatic rings. The summed E-state index contributed by atoms with van der Waals surface area (Å²) in [4.78, 5) is 11.3. The summed E-state index contributed by atoms with van der Waals surface area (Å²) in [6.07, 6.45) is 3.38. The molecule has 0 amide bonds. The first-order valence-corrected chi connectivity index (χ1v) is 4.36. The van der Waals surface area contributed by atoms with Crippen LogP contribution in [0.15, 0.2) is 42.7 Å². The Kier molecular flexibility index (Phi) is 4.44. The van der Waals surface area contributed by atoms with Gasteiger partial charge in [0, 0.05) is 6.61 Å². The van der Waals surface area contributed by atoms with E-state index in [4.69, 9.17) is 9.84 Å². The fourth-order valence-electron chi connectivity index (χ4n) is 0.895. The van der Waals surface area contributed by atoms with Gasteiger partial charge in [-0.3, -0.25) is 0 Å². The third-order valence-corrected chi connectivity index (χ3v) is 1.58. The second-order valence-corrected chi connectivity index (χ2v) is 2.66. The number of rotatable bonds is 4. The highest BCUT2D eigenvalue weighted by molar-refractivity contribution is 5.89. The smallest absolute Gasteiger partial charge is 0.342 e. The minimum absolute atomic E-state index is 0.0549. The van der Waals surface area contributed by atoms with Crippen molar-refractivity contribution in [3.05, 3.63) is 48.2 Å². The minimum Gasteiger partial charge on any atom is -0.431 e. The van der Waals surface area contributed by atoms with Crippen LogP contribution in [0.5, 0.6) is 0 Å². The zero-order valence-electron chi connectivity index (χ0n) is 7.72. The van der Waals surface area contributed by atoms with E-state index in [1.54, 1.807) is 30.3 Å². The van der Waals surface area contributed by atoms with Gasteiger partial charge >= 0.3 is 5.97 Å². The van der Waals surface area contributed by atoms with Gasteiger partial charge in [-0.25, -0.2) is 4.79 Å². The standard InChI is InChI=1S/C11H12O3/c12-8-4-5-9-14-11(13)10-6-2-1-3-7-10/h1-3,5-7,9,12H,4,8H2. The van der Waals surface area contributed by atoms with Crippen molar-refractivity contribution >= 4 is 5.97 Å². The maximum atomic E-state index is 11.3. The van der Waals surface area contributed by atoms with Crippen LogP contribution in [0.3, 0.4) is 0 Å². The van der Waals surface area contributed by atoms with E-state index in [9.17, 15) is 4.79 Å². The molecule has 0 bridgehead atoms. The van der Waals surface area contributed by atoms with E-state index in [2.05, 4.69) is 0 Å². The monoisotopic (exact) mass is 192 g/mol. The molecule has 1 aromatic carbocycles. The topological polar surface area (TPSA) is 46.5 Å². The summed E-state index contributed by atoms with van der Waals surface area (Å²) in [7, 11) is 0. The van der Waals surface area contributed by atoms with E-state index in [1.807, 2.05) is 6.07 Å². The Morgan fingerprint density at radius 1 is 1.36 bits per heavy atom. The number of aliphatic hydroxyl groups excluding tert-OH is 1. The predicted molar refractivity (Wildman–Crippen MR) is 52.7 cm³/mol. The molecule has 0 atom stereocenters. The Bertz CT molecular complexity index is 304. The van der Waals surface area contributed by atoms with Gasteiger partial charge in [-0.1, -0.05) is 18.2 Å². The van der Waals surface area contributed by atoms with Gasteiger partial charge in [0.25, 0.3) is 0 Å². The van der Waals surface area contributed by atoms with Crippen LogP contribution >= 0.6 is 0 Å². The van der Waals surface area contributed by atoms with Crippen LogP contribution in [-0.4, -0.2) is 17.7 Å². The molecule has 0 unspecified atom stereocenters. The van der Waals surface area contributed by atoms with Crippen molar-refractivity contribution in [1.82, 2.24) is 0 Å². The quantitative estimate of drug-likeness (QED) is 0.583. The van der Waals surface area contributed by atoms with Crippen molar-refractivity contribution in [2.75, 3.05) is 6.61 Å². The molecule has 3 heteroatoms. The molecule has 0 spiro atoms. The lowest BCUT2D eigenvalue weighted by atomic mass is 10.2. The van der Waals surface area contributed by atoms with Gasteiger partial charge in [0.05, 0.1) is 11.8 Å². The predicted octanol–water partition coefficient (Wildman–Crippen LogP) is 1.74. The number of carbonyl (C=O) groups is 1. The molecule has 1 N–H and O–H groups in total. The summed E-state index contributed by atoms with van der Waals surface area (Å²) in [6, 6.07) is 8.74. The molecule has 3 nitrogen and oxygen atoms in total. The van der Waals surface area contributed by atoms with Gasteiger partial charge in [0.1, 0.15) is 0 Å². The first-order valence-electron chi connectivity index (χ1n) is 4.36. The number of hydrogen-bond donors (Lipinski definition) is 1. The van der Waals surface area contributed by atoms with Crippen LogP contribution in [0.2, 0.25) is 0 Å². The molecule has 0 aliphatic carbocycles. The molecule has 1 aromatic rings. The van der Waals surface area contributed by atoms with Gasteiger partial charge in [-0.05, 0) is 24.6 Å². The average molecular weight is 192 g/mol. The third kappa shape index (κ3) is 3.41. The minimum atomic E-state index is -0.389. The summed E-state index contributed by atoms with van der Waals surface area (Å²) >= 11 is 0. The Labute approximate surface area is 82.6 Å². The summed E-state index contributed by atoms with van der Waals surface area (Å²) in [6.45, 7) is 0.0549. The van der Waals surface area contributed by atoms with Crippen LogP contribution < -0.4 is 0 Å². The van der Waals surface area contributed by atoms with Crippen LogP contribution in [0.1, 0.15) is 16.8 Å². The Hall–Kier alpha value is -1.61. The molecular formula is C11H12O3. The fourth-order valence-corrected chi connectivity index (χ4v) is 0.895. The van der Waals surface area contributed by atoms with Crippen molar-refractivity contribution < 1.29 is 14.6 Å². The first-order chi connectivity index (χ1) is 6.84. The largest absolute Gasteiger partial charge is 0.431 e. The second kappa shape index (κ2) is 5.94. The molecule has 74 valence electrons. The number of hydrogen-bond acceptors (Lipinski definition) is 3. The van der Waals surface area contributed by atoms with Crippen molar-refractivity contribution in [3.8, 4) is 0 Å². The molecule has 1 rings (SSSR count). The Morgan fingerprint density at radius 3 is 2.71 bits per heavy atom. The van der Waals surface area contributed by atoms with Crippen molar-refractivity contribution in [1.29, 1.82) is 0 Å². The first kappa shape index (κ1) is 10.5. The summed E-state index contributed by atoms with van der Waals surface area (Å²) < 4.78 is 4.80. The fraction of sp³-hybridized carbons (Fsp3) is 0.182. The lowest BCUT2D eigenvalue weighted by Gasteiger charge is -1.97. The van der Waals surface area contributed by atoms with Crippen LogP contribution in [0.4, 0.5) is 0 Å². The van der Waals surface area contributed by atoms with Crippen molar-refractivity contribution in [2.45, 2.75) is 6.42 Å². The lowest BCUT2D eigenvalue weighted by molar-refractivity contribution is 0.0661. The number of ether oxygens (including phenoxy) is 1. The molecule has 0 aliphatic heterocycles. The van der Waals surface area contributed by atoms with Crippen LogP contribution in [0, 0.1) is 0 Å².